The van der Waals surface area contributed by atoms with E-state index in [-0.39, 0.29) is 23.5 Å². The molecule has 1 fully saturated rings. The van der Waals surface area contributed by atoms with Gasteiger partial charge >= 0.3 is 0 Å². The number of ether oxygens (including phenoxy) is 1. The van der Waals surface area contributed by atoms with Crippen molar-refractivity contribution in [3.63, 3.8) is 0 Å². The van der Waals surface area contributed by atoms with Crippen LogP contribution < -0.4 is 15.8 Å². The average molecular weight is 370 g/mol. The summed E-state index contributed by atoms with van der Waals surface area (Å²) in [6.45, 7) is 7.99. The van der Waals surface area contributed by atoms with E-state index in [0.29, 0.717) is 5.69 Å². The topological polar surface area (TPSA) is 77.2 Å². The highest BCUT2D eigenvalue weighted by Gasteiger charge is 2.30. The molecule has 1 heterocycles. The summed E-state index contributed by atoms with van der Waals surface area (Å²) >= 11 is 0. The average Bonchev–Trinajstić information content (AvgIpc) is 2.63. The van der Waals surface area contributed by atoms with Crippen LogP contribution in [0.5, 0.6) is 5.75 Å². The van der Waals surface area contributed by atoms with Gasteiger partial charge < -0.3 is 15.8 Å². The SMILES string of the molecule is CCC(C)(C)C(=O)NC1CCC(Oc2cccc3nc(C)cc(N)c23)CC1. The van der Waals surface area contributed by atoms with Gasteiger partial charge in [-0.3, -0.25) is 9.78 Å². The Balaban J connectivity index is 1.63. The Kier molecular flexibility index (Phi) is 5.59. The zero-order chi connectivity index (χ0) is 19.6. The van der Waals surface area contributed by atoms with E-state index in [2.05, 4.69) is 17.2 Å². The van der Waals surface area contributed by atoms with Crippen molar-refractivity contribution in [3.8, 4) is 5.75 Å². The van der Waals surface area contributed by atoms with E-state index in [1.54, 1.807) is 0 Å². The number of benzene rings is 1. The van der Waals surface area contributed by atoms with Crippen molar-refractivity contribution in [2.24, 2.45) is 5.41 Å². The van der Waals surface area contributed by atoms with Crippen LogP contribution in [-0.2, 0) is 4.79 Å². The molecule has 146 valence electrons. The molecule has 5 nitrogen and oxygen atoms in total. The smallest absolute Gasteiger partial charge is 0.225 e. The Labute approximate surface area is 161 Å². The maximum absolute atomic E-state index is 12.4. The molecule has 1 aromatic carbocycles. The molecular formula is C22H31N3O2. The molecule has 0 aliphatic heterocycles. The van der Waals surface area contributed by atoms with Crippen molar-refractivity contribution in [3.05, 3.63) is 30.0 Å². The molecule has 0 bridgehead atoms. The lowest BCUT2D eigenvalue weighted by Crippen LogP contribution is -2.45. The number of anilines is 1. The summed E-state index contributed by atoms with van der Waals surface area (Å²) in [5.74, 6) is 0.953. The van der Waals surface area contributed by atoms with Gasteiger partial charge in [0.2, 0.25) is 5.91 Å². The number of nitrogens with one attached hydrogen (secondary N) is 1. The molecule has 1 aromatic heterocycles. The van der Waals surface area contributed by atoms with Gasteiger partial charge in [0.05, 0.1) is 17.0 Å². The van der Waals surface area contributed by atoms with Crippen LogP contribution >= 0.6 is 0 Å². The molecule has 0 unspecified atom stereocenters. The first-order valence-corrected chi connectivity index (χ1v) is 9.93. The van der Waals surface area contributed by atoms with Gasteiger partial charge in [0.1, 0.15) is 5.75 Å². The van der Waals surface area contributed by atoms with Crippen LogP contribution in [0.25, 0.3) is 10.9 Å². The maximum Gasteiger partial charge on any atom is 0.225 e. The molecule has 1 aliphatic rings. The van der Waals surface area contributed by atoms with Gasteiger partial charge in [-0.15, -0.1) is 0 Å². The summed E-state index contributed by atoms with van der Waals surface area (Å²) in [4.78, 5) is 16.9. The molecule has 1 saturated carbocycles. The van der Waals surface area contributed by atoms with E-state index >= 15 is 0 Å². The molecule has 1 amide bonds. The Morgan fingerprint density at radius 2 is 2.00 bits per heavy atom. The lowest BCUT2D eigenvalue weighted by Gasteiger charge is -2.32. The van der Waals surface area contributed by atoms with Crippen molar-refractivity contribution < 1.29 is 9.53 Å². The van der Waals surface area contributed by atoms with Crippen LogP contribution in [0.2, 0.25) is 0 Å². The molecule has 0 atom stereocenters. The van der Waals surface area contributed by atoms with Gasteiger partial charge in [-0.2, -0.15) is 0 Å². The summed E-state index contributed by atoms with van der Waals surface area (Å²) in [7, 11) is 0. The summed E-state index contributed by atoms with van der Waals surface area (Å²) in [5.41, 5.74) is 8.40. The summed E-state index contributed by atoms with van der Waals surface area (Å²) in [6, 6.07) is 8.02. The second kappa shape index (κ2) is 7.75. The first-order valence-electron chi connectivity index (χ1n) is 9.93. The quantitative estimate of drug-likeness (QED) is 0.820. The highest BCUT2D eigenvalue weighted by atomic mass is 16.5. The fourth-order valence-corrected chi connectivity index (χ4v) is 3.57. The van der Waals surface area contributed by atoms with Crippen LogP contribution in [-0.4, -0.2) is 23.0 Å². The highest BCUT2D eigenvalue weighted by molar-refractivity contribution is 5.95. The number of nitrogens with two attached hydrogens (primary N) is 1. The number of hydrogen-bond acceptors (Lipinski definition) is 4. The van der Waals surface area contributed by atoms with E-state index < -0.39 is 0 Å². The molecule has 2 aromatic rings. The first-order chi connectivity index (χ1) is 12.8. The largest absolute Gasteiger partial charge is 0.490 e. The standard InChI is InChI=1S/C22H31N3O2/c1-5-22(3,4)21(26)25-15-9-11-16(12-10-15)27-19-8-6-7-18-20(19)17(23)13-14(2)24-18/h6-8,13,15-16H,5,9-12H2,1-4H3,(H2,23,24)(H,25,26). The van der Waals surface area contributed by atoms with Crippen LogP contribution in [0.3, 0.4) is 0 Å². The van der Waals surface area contributed by atoms with Gasteiger partial charge in [-0.25, -0.2) is 0 Å². The highest BCUT2D eigenvalue weighted by Crippen LogP contribution is 2.33. The zero-order valence-corrected chi connectivity index (χ0v) is 16.8. The van der Waals surface area contributed by atoms with Gasteiger partial charge in [-0.05, 0) is 57.2 Å². The molecule has 5 heteroatoms. The second-order valence-electron chi connectivity index (χ2n) is 8.31. The molecule has 0 radical (unpaired) electrons. The predicted molar refractivity (Wildman–Crippen MR) is 110 cm³/mol. The van der Waals surface area contributed by atoms with Gasteiger partial charge in [0.25, 0.3) is 0 Å². The molecule has 27 heavy (non-hydrogen) atoms. The lowest BCUT2D eigenvalue weighted by molar-refractivity contribution is -0.130. The van der Waals surface area contributed by atoms with Gasteiger partial charge in [0.15, 0.2) is 0 Å². The minimum atomic E-state index is -0.307. The lowest BCUT2D eigenvalue weighted by atomic mass is 9.87. The Morgan fingerprint density at radius 3 is 2.67 bits per heavy atom. The minimum absolute atomic E-state index is 0.142. The van der Waals surface area contributed by atoms with Crippen molar-refractivity contribution in [2.45, 2.75) is 71.9 Å². The summed E-state index contributed by atoms with van der Waals surface area (Å²) < 4.78 is 6.30. The maximum atomic E-state index is 12.4. The molecule has 3 rings (SSSR count). The fourth-order valence-electron chi connectivity index (χ4n) is 3.57. The summed E-state index contributed by atoms with van der Waals surface area (Å²) in [6.07, 6.45) is 4.71. The Hall–Kier alpha value is -2.30. The number of rotatable bonds is 5. The third kappa shape index (κ3) is 4.34. The number of nitrogens with zero attached hydrogens (tertiary/aromatic N) is 1. The third-order valence-electron chi connectivity index (χ3n) is 5.76. The number of amides is 1. The number of hydrogen-bond donors (Lipinski definition) is 2. The van der Waals surface area contributed by atoms with Crippen molar-refractivity contribution in [1.82, 2.24) is 10.3 Å². The summed E-state index contributed by atoms with van der Waals surface area (Å²) in [5, 5.41) is 4.11. The van der Waals surface area contributed by atoms with E-state index in [9.17, 15) is 4.79 Å². The minimum Gasteiger partial charge on any atom is -0.490 e. The number of fused-ring (bicyclic) bond motifs is 1. The molecule has 3 N–H and O–H groups in total. The van der Waals surface area contributed by atoms with Crippen molar-refractivity contribution >= 4 is 22.5 Å². The van der Waals surface area contributed by atoms with Crippen molar-refractivity contribution in [2.75, 3.05) is 5.73 Å². The van der Waals surface area contributed by atoms with Crippen LogP contribution in [0.1, 0.15) is 58.6 Å². The van der Waals surface area contributed by atoms with Gasteiger partial charge in [-0.1, -0.05) is 26.8 Å². The molecule has 0 saturated heterocycles. The van der Waals surface area contributed by atoms with E-state index in [1.165, 1.54) is 0 Å². The molecule has 0 spiro atoms. The van der Waals surface area contributed by atoms with E-state index in [1.807, 2.05) is 45.0 Å². The van der Waals surface area contributed by atoms with Crippen LogP contribution in [0.4, 0.5) is 5.69 Å². The number of nitrogen functional groups attached to an aromatic ring is 1. The number of carbonyl (C=O) groups excluding carboxylic acids is 1. The number of pyridine rings is 1. The monoisotopic (exact) mass is 369 g/mol. The molecule has 1 aliphatic carbocycles. The van der Waals surface area contributed by atoms with Crippen molar-refractivity contribution in [1.29, 1.82) is 0 Å². The molecular weight excluding hydrogens is 338 g/mol. The van der Waals surface area contributed by atoms with E-state index in [0.717, 1.165) is 54.5 Å². The fraction of sp³-hybridized carbons (Fsp3) is 0.545. The van der Waals surface area contributed by atoms with Crippen LogP contribution in [0, 0.1) is 12.3 Å². The van der Waals surface area contributed by atoms with Crippen LogP contribution in [0.15, 0.2) is 24.3 Å². The van der Waals surface area contributed by atoms with Gasteiger partial charge in [0, 0.05) is 22.8 Å². The number of aryl methyl sites for hydroxylation is 1. The Bertz CT molecular complexity index is 824. The Morgan fingerprint density at radius 1 is 1.30 bits per heavy atom. The first kappa shape index (κ1) is 19.5. The third-order valence-corrected chi connectivity index (χ3v) is 5.76. The zero-order valence-electron chi connectivity index (χ0n) is 16.8. The van der Waals surface area contributed by atoms with E-state index in [4.69, 9.17) is 10.5 Å². The number of aromatic nitrogens is 1. The second-order valence-corrected chi connectivity index (χ2v) is 8.31. The normalized spacial score (nSPS) is 20.4. The predicted octanol–water partition coefficient (Wildman–Crippen LogP) is 4.37. The number of carbonyl (C=O) groups is 1.